The number of hydrogen-bond donors (Lipinski definition) is 1. The lowest BCUT2D eigenvalue weighted by atomic mass is 9.75. The predicted octanol–water partition coefficient (Wildman–Crippen LogP) is 6.12. The second-order valence-electron chi connectivity index (χ2n) is 7.92. The number of pyridine rings is 1. The molecule has 0 aliphatic heterocycles. The van der Waals surface area contributed by atoms with Gasteiger partial charge in [0.15, 0.2) is 0 Å². The molecule has 4 rings (SSSR count). The molecule has 0 unspecified atom stereocenters. The normalized spacial score (nSPS) is 20.4. The lowest BCUT2D eigenvalue weighted by Gasteiger charge is -2.33. The molecule has 1 atom stereocenters. The molecule has 0 saturated heterocycles. The average molecular weight is 411 g/mol. The van der Waals surface area contributed by atoms with Gasteiger partial charge in [-0.25, -0.2) is 4.39 Å². The Labute approximate surface area is 175 Å². The van der Waals surface area contributed by atoms with Crippen LogP contribution in [0.3, 0.4) is 0 Å². The van der Waals surface area contributed by atoms with Gasteiger partial charge < -0.3 is 5.32 Å². The molecule has 1 saturated carbocycles. The summed E-state index contributed by atoms with van der Waals surface area (Å²) in [5, 5.41) is 4.50. The molecular formula is C24H24ClFN2O. The van der Waals surface area contributed by atoms with Crippen LogP contribution in [0, 0.1) is 11.7 Å². The van der Waals surface area contributed by atoms with E-state index in [1.165, 1.54) is 11.6 Å². The molecule has 0 bridgehead atoms. The molecule has 1 aliphatic rings. The number of rotatable bonds is 4. The quantitative estimate of drug-likeness (QED) is 0.563. The van der Waals surface area contributed by atoms with E-state index in [2.05, 4.69) is 17.2 Å². The summed E-state index contributed by atoms with van der Waals surface area (Å²) in [7, 11) is 0. The van der Waals surface area contributed by atoms with Gasteiger partial charge in [-0.1, -0.05) is 23.7 Å². The van der Waals surface area contributed by atoms with E-state index in [1.807, 2.05) is 24.4 Å². The number of nitrogens with zero attached hydrogens (tertiary/aromatic N) is 1. The van der Waals surface area contributed by atoms with Crippen LogP contribution in [0.25, 0.3) is 10.9 Å². The Bertz CT molecular complexity index is 1030. The molecule has 29 heavy (non-hydrogen) atoms. The first kappa shape index (κ1) is 19.8. The Morgan fingerprint density at radius 1 is 1.14 bits per heavy atom. The number of fused-ring (bicyclic) bond motifs is 1. The Morgan fingerprint density at radius 2 is 1.90 bits per heavy atom. The zero-order valence-corrected chi connectivity index (χ0v) is 17.1. The van der Waals surface area contributed by atoms with Crippen molar-refractivity contribution in [1.82, 2.24) is 10.3 Å². The molecule has 150 valence electrons. The highest BCUT2D eigenvalue weighted by molar-refractivity contribution is 6.33. The van der Waals surface area contributed by atoms with Crippen LogP contribution in [-0.4, -0.2) is 16.9 Å². The lowest BCUT2D eigenvalue weighted by Crippen LogP contribution is -2.39. The number of halogens is 2. The van der Waals surface area contributed by atoms with E-state index >= 15 is 0 Å². The monoisotopic (exact) mass is 410 g/mol. The molecule has 1 fully saturated rings. The molecule has 1 aliphatic carbocycles. The first-order valence-electron chi connectivity index (χ1n) is 10.1. The van der Waals surface area contributed by atoms with Crippen LogP contribution in [0.5, 0.6) is 0 Å². The van der Waals surface area contributed by atoms with Crippen LogP contribution in [0.1, 0.15) is 54.4 Å². The minimum absolute atomic E-state index is 0.0753. The Balaban J connectivity index is 1.41. The van der Waals surface area contributed by atoms with E-state index in [1.54, 1.807) is 24.3 Å². The summed E-state index contributed by atoms with van der Waals surface area (Å²) < 4.78 is 13.8. The van der Waals surface area contributed by atoms with Crippen LogP contribution < -0.4 is 5.32 Å². The molecule has 1 aromatic heterocycles. The fourth-order valence-electron chi connectivity index (χ4n) is 4.47. The molecule has 1 heterocycles. The summed E-state index contributed by atoms with van der Waals surface area (Å²) in [5.74, 6) is 0.463. The molecular weight excluding hydrogens is 387 g/mol. The van der Waals surface area contributed by atoms with Crippen molar-refractivity contribution in [1.29, 1.82) is 0 Å². The topological polar surface area (TPSA) is 42.0 Å². The third kappa shape index (κ3) is 4.27. The number of carbonyl (C=O) groups excluding carboxylic acids is 1. The van der Waals surface area contributed by atoms with Gasteiger partial charge in [-0.05, 0) is 86.4 Å². The predicted molar refractivity (Wildman–Crippen MR) is 115 cm³/mol. The maximum Gasteiger partial charge on any atom is 0.253 e. The van der Waals surface area contributed by atoms with Crippen molar-refractivity contribution in [3.63, 3.8) is 0 Å². The zero-order chi connectivity index (χ0) is 20.4. The molecule has 0 radical (unpaired) electrons. The smallest absolute Gasteiger partial charge is 0.253 e. The summed E-state index contributed by atoms with van der Waals surface area (Å²) in [6, 6.07) is 14.0. The van der Waals surface area contributed by atoms with Crippen LogP contribution in [0.15, 0.2) is 54.7 Å². The largest absolute Gasteiger partial charge is 0.349 e. The van der Waals surface area contributed by atoms with E-state index in [4.69, 9.17) is 11.6 Å². The number of benzene rings is 2. The average Bonchev–Trinajstić information content (AvgIpc) is 2.73. The number of carbonyl (C=O) groups is 1. The van der Waals surface area contributed by atoms with E-state index in [9.17, 15) is 9.18 Å². The number of amides is 1. The molecule has 3 aromatic rings. The first-order chi connectivity index (χ1) is 14.0. The van der Waals surface area contributed by atoms with Gasteiger partial charge in [-0.15, -0.1) is 0 Å². The van der Waals surface area contributed by atoms with E-state index < -0.39 is 0 Å². The number of aromatic nitrogens is 1. The molecule has 3 nitrogen and oxygen atoms in total. The Kier molecular flexibility index (Phi) is 5.81. The first-order valence-corrected chi connectivity index (χ1v) is 10.5. The summed E-state index contributed by atoms with van der Waals surface area (Å²) in [6.45, 7) is 2.07. The Morgan fingerprint density at radius 3 is 2.66 bits per heavy atom. The third-order valence-electron chi connectivity index (χ3n) is 6.13. The molecule has 1 amide bonds. The summed E-state index contributed by atoms with van der Waals surface area (Å²) in [4.78, 5) is 16.9. The molecule has 1 N–H and O–H groups in total. The Hall–Kier alpha value is -2.46. The third-order valence-corrected chi connectivity index (χ3v) is 6.46. The van der Waals surface area contributed by atoms with Crippen LogP contribution in [0.2, 0.25) is 5.02 Å². The number of hydrogen-bond acceptors (Lipinski definition) is 2. The fraction of sp³-hybridized carbons (Fsp3) is 0.333. The van der Waals surface area contributed by atoms with Gasteiger partial charge in [-0.2, -0.15) is 0 Å². The van der Waals surface area contributed by atoms with E-state index in [-0.39, 0.29) is 17.8 Å². The van der Waals surface area contributed by atoms with Gasteiger partial charge in [0.2, 0.25) is 0 Å². The molecule has 5 heteroatoms. The van der Waals surface area contributed by atoms with E-state index in [0.717, 1.165) is 36.6 Å². The fourth-order valence-corrected chi connectivity index (χ4v) is 4.70. The van der Waals surface area contributed by atoms with Gasteiger partial charge in [0.25, 0.3) is 5.91 Å². The van der Waals surface area contributed by atoms with Crippen LogP contribution >= 0.6 is 11.6 Å². The summed E-state index contributed by atoms with van der Waals surface area (Å²) in [6.07, 6.45) is 5.90. The van der Waals surface area contributed by atoms with Gasteiger partial charge in [-0.3, -0.25) is 9.78 Å². The highest BCUT2D eigenvalue weighted by Gasteiger charge is 2.28. The van der Waals surface area contributed by atoms with Crippen LogP contribution in [0.4, 0.5) is 4.39 Å². The van der Waals surface area contributed by atoms with Crippen molar-refractivity contribution in [2.75, 3.05) is 0 Å². The standard InChI is InChI=1S/C24H24ClFN2O/c1-15(28-24(29)20-4-2-3-5-22(20)25)16-6-8-17(9-7-16)19-12-13-27-23-11-10-18(26)14-21(19)23/h2-5,10-17H,6-9H2,1H3,(H,28,29)/t15-,16?,17?/m1/s1. The van der Waals surface area contributed by atoms with Gasteiger partial charge in [0.1, 0.15) is 5.82 Å². The maximum absolute atomic E-state index is 13.8. The van der Waals surface area contributed by atoms with Gasteiger partial charge in [0, 0.05) is 17.6 Å². The van der Waals surface area contributed by atoms with Gasteiger partial charge in [0.05, 0.1) is 16.1 Å². The second kappa shape index (κ2) is 8.50. The van der Waals surface area contributed by atoms with Crippen molar-refractivity contribution < 1.29 is 9.18 Å². The van der Waals surface area contributed by atoms with Crippen molar-refractivity contribution >= 4 is 28.4 Å². The summed E-state index contributed by atoms with van der Waals surface area (Å²) >= 11 is 6.14. The SMILES string of the molecule is C[C@@H](NC(=O)c1ccccc1Cl)C1CCC(c2ccnc3ccc(F)cc23)CC1. The minimum atomic E-state index is -0.226. The minimum Gasteiger partial charge on any atom is -0.349 e. The lowest BCUT2D eigenvalue weighted by molar-refractivity contribution is 0.0918. The molecule has 2 aromatic carbocycles. The highest BCUT2D eigenvalue weighted by Crippen LogP contribution is 2.39. The van der Waals surface area contributed by atoms with Crippen molar-refractivity contribution in [3.05, 3.63) is 76.7 Å². The molecule has 0 spiro atoms. The van der Waals surface area contributed by atoms with Gasteiger partial charge >= 0.3 is 0 Å². The summed E-state index contributed by atoms with van der Waals surface area (Å²) in [5.41, 5.74) is 2.53. The zero-order valence-electron chi connectivity index (χ0n) is 16.4. The second-order valence-corrected chi connectivity index (χ2v) is 8.32. The van der Waals surface area contributed by atoms with Crippen molar-refractivity contribution in [3.8, 4) is 0 Å². The number of nitrogens with one attached hydrogen (secondary N) is 1. The van der Waals surface area contributed by atoms with E-state index in [0.29, 0.717) is 22.4 Å². The maximum atomic E-state index is 13.8. The van der Waals surface area contributed by atoms with Crippen molar-refractivity contribution in [2.45, 2.75) is 44.6 Å². The highest BCUT2D eigenvalue weighted by atomic mass is 35.5. The van der Waals surface area contributed by atoms with Crippen LogP contribution in [-0.2, 0) is 0 Å². The van der Waals surface area contributed by atoms with Crippen molar-refractivity contribution in [2.24, 2.45) is 5.92 Å².